The largest absolute Gasteiger partial charge is 0.394 e. The lowest BCUT2D eigenvalue weighted by Gasteiger charge is -2.18. The van der Waals surface area contributed by atoms with Gasteiger partial charge in [0.15, 0.2) is 9.84 Å². The summed E-state index contributed by atoms with van der Waals surface area (Å²) in [7, 11) is -3.24. The van der Waals surface area contributed by atoms with Gasteiger partial charge in [-0.1, -0.05) is 19.1 Å². The van der Waals surface area contributed by atoms with Crippen molar-refractivity contribution in [2.45, 2.75) is 55.8 Å². The summed E-state index contributed by atoms with van der Waals surface area (Å²) in [6, 6.07) is 6.85. The van der Waals surface area contributed by atoms with Crippen LogP contribution < -0.4 is 0 Å². The van der Waals surface area contributed by atoms with Gasteiger partial charge < -0.3 is 10.2 Å². The Morgan fingerprint density at radius 1 is 1.15 bits per heavy atom. The molecule has 0 saturated carbocycles. The molecule has 0 fully saturated rings. The predicted octanol–water partition coefficient (Wildman–Crippen LogP) is 2.11. The van der Waals surface area contributed by atoms with E-state index >= 15 is 0 Å². The molecule has 1 aromatic rings. The zero-order valence-corrected chi connectivity index (χ0v) is 13.1. The Bertz CT molecular complexity index is 505. The first-order valence-electron chi connectivity index (χ1n) is 6.95. The van der Waals surface area contributed by atoms with Gasteiger partial charge in [-0.2, -0.15) is 0 Å². The molecule has 0 saturated heterocycles. The van der Waals surface area contributed by atoms with Crippen molar-refractivity contribution < 1.29 is 18.6 Å². The third kappa shape index (κ3) is 4.04. The maximum atomic E-state index is 12.0. The van der Waals surface area contributed by atoms with Crippen molar-refractivity contribution in [3.8, 4) is 0 Å². The summed E-state index contributed by atoms with van der Waals surface area (Å²) in [4.78, 5) is 0.328. The lowest BCUT2D eigenvalue weighted by Crippen LogP contribution is -2.16. The van der Waals surface area contributed by atoms with Crippen LogP contribution in [0.4, 0.5) is 0 Å². The van der Waals surface area contributed by atoms with E-state index in [0.29, 0.717) is 11.3 Å². The van der Waals surface area contributed by atoms with Crippen LogP contribution in [0.1, 0.15) is 45.1 Å². The molecular weight excluding hydrogens is 276 g/mol. The number of aliphatic hydroxyl groups excluding tert-OH is 2. The Morgan fingerprint density at radius 3 is 2.10 bits per heavy atom. The van der Waals surface area contributed by atoms with Gasteiger partial charge in [0.25, 0.3) is 0 Å². The van der Waals surface area contributed by atoms with E-state index in [-0.39, 0.29) is 12.5 Å². The first-order chi connectivity index (χ1) is 9.32. The molecule has 5 heteroatoms. The highest BCUT2D eigenvalue weighted by atomic mass is 32.2. The van der Waals surface area contributed by atoms with Gasteiger partial charge in [0.2, 0.25) is 0 Å². The molecule has 114 valence electrons. The number of hydrogen-bond donors (Lipinski definition) is 2. The molecule has 1 rings (SSSR count). The first-order valence-corrected chi connectivity index (χ1v) is 8.50. The maximum Gasteiger partial charge on any atom is 0.180 e. The fourth-order valence-electron chi connectivity index (χ4n) is 2.14. The molecule has 2 unspecified atom stereocenters. The van der Waals surface area contributed by atoms with Gasteiger partial charge in [0.1, 0.15) is 0 Å². The Balaban J connectivity index is 2.95. The van der Waals surface area contributed by atoms with Crippen LogP contribution >= 0.6 is 0 Å². The molecule has 0 aliphatic carbocycles. The Hall–Kier alpha value is -0.910. The summed E-state index contributed by atoms with van der Waals surface area (Å²) in [5, 5.41) is 18.0. The molecule has 20 heavy (non-hydrogen) atoms. The standard InChI is InChI=1S/C15H24O4S/c1-4-12(9-14(17)10-16)13-5-7-15(8-6-13)20(18,19)11(2)3/h5-8,11-12,14,16-17H,4,9-10H2,1-3H3. The van der Waals surface area contributed by atoms with Gasteiger partial charge in [0, 0.05) is 0 Å². The van der Waals surface area contributed by atoms with Crippen molar-refractivity contribution in [3.05, 3.63) is 29.8 Å². The predicted molar refractivity (Wildman–Crippen MR) is 79.5 cm³/mol. The fourth-order valence-corrected chi connectivity index (χ4v) is 3.20. The molecule has 0 aliphatic rings. The van der Waals surface area contributed by atoms with E-state index in [1.54, 1.807) is 38.1 Å². The topological polar surface area (TPSA) is 74.6 Å². The zero-order valence-electron chi connectivity index (χ0n) is 12.3. The summed E-state index contributed by atoms with van der Waals surface area (Å²) in [5.41, 5.74) is 0.989. The average molecular weight is 300 g/mol. The van der Waals surface area contributed by atoms with E-state index in [2.05, 4.69) is 0 Å². The van der Waals surface area contributed by atoms with Gasteiger partial charge in [-0.05, 0) is 50.3 Å². The summed E-state index contributed by atoms with van der Waals surface area (Å²) in [6.07, 6.45) is 0.565. The van der Waals surface area contributed by atoms with E-state index in [9.17, 15) is 13.5 Å². The molecular formula is C15H24O4S. The van der Waals surface area contributed by atoms with Crippen LogP contribution in [0.3, 0.4) is 0 Å². The van der Waals surface area contributed by atoms with Crippen molar-refractivity contribution >= 4 is 9.84 Å². The SMILES string of the molecule is CCC(CC(O)CO)c1ccc(S(=O)(=O)C(C)C)cc1. The second-order valence-electron chi connectivity index (χ2n) is 5.34. The number of benzene rings is 1. The molecule has 0 spiro atoms. The maximum absolute atomic E-state index is 12.0. The number of sulfone groups is 1. The molecule has 2 atom stereocenters. The van der Waals surface area contributed by atoms with Gasteiger partial charge in [-0.3, -0.25) is 0 Å². The van der Waals surface area contributed by atoms with E-state index in [0.717, 1.165) is 12.0 Å². The van der Waals surface area contributed by atoms with Crippen molar-refractivity contribution in [1.82, 2.24) is 0 Å². The van der Waals surface area contributed by atoms with Crippen molar-refractivity contribution in [2.75, 3.05) is 6.61 Å². The normalized spacial score (nSPS) is 15.3. The average Bonchev–Trinajstić information content (AvgIpc) is 2.44. The lowest BCUT2D eigenvalue weighted by molar-refractivity contribution is 0.0817. The highest BCUT2D eigenvalue weighted by Gasteiger charge is 2.20. The Morgan fingerprint density at radius 2 is 1.70 bits per heavy atom. The highest BCUT2D eigenvalue weighted by molar-refractivity contribution is 7.92. The molecule has 1 aromatic carbocycles. The third-order valence-electron chi connectivity index (χ3n) is 3.56. The first kappa shape index (κ1) is 17.1. The van der Waals surface area contributed by atoms with Crippen LogP contribution in [0.25, 0.3) is 0 Å². The second kappa shape index (κ2) is 7.20. The summed E-state index contributed by atoms with van der Waals surface area (Å²) in [6.45, 7) is 5.08. The van der Waals surface area contributed by atoms with Crippen LogP contribution in [-0.2, 0) is 9.84 Å². The van der Waals surface area contributed by atoms with E-state index < -0.39 is 21.2 Å². The zero-order chi connectivity index (χ0) is 15.3. The summed E-state index contributed by atoms with van der Waals surface area (Å²) >= 11 is 0. The van der Waals surface area contributed by atoms with Crippen molar-refractivity contribution in [3.63, 3.8) is 0 Å². The molecule has 0 aliphatic heterocycles. The van der Waals surface area contributed by atoms with Crippen LogP contribution in [0.5, 0.6) is 0 Å². The molecule has 0 aromatic heterocycles. The molecule has 0 amide bonds. The summed E-state index contributed by atoms with van der Waals surface area (Å²) in [5.74, 6) is 0.118. The van der Waals surface area contributed by atoms with Crippen LogP contribution in [-0.4, -0.2) is 36.6 Å². The fraction of sp³-hybridized carbons (Fsp3) is 0.600. The van der Waals surface area contributed by atoms with Gasteiger partial charge >= 0.3 is 0 Å². The smallest absolute Gasteiger partial charge is 0.180 e. The Labute approximate surface area is 121 Å². The molecule has 4 nitrogen and oxygen atoms in total. The van der Waals surface area contributed by atoms with Gasteiger partial charge in [-0.25, -0.2) is 8.42 Å². The minimum atomic E-state index is -3.24. The minimum Gasteiger partial charge on any atom is -0.394 e. The van der Waals surface area contributed by atoms with E-state index in [1.165, 1.54) is 0 Å². The lowest BCUT2D eigenvalue weighted by atomic mass is 9.91. The van der Waals surface area contributed by atoms with Crippen molar-refractivity contribution in [1.29, 1.82) is 0 Å². The van der Waals surface area contributed by atoms with Crippen molar-refractivity contribution in [2.24, 2.45) is 0 Å². The summed E-state index contributed by atoms with van der Waals surface area (Å²) < 4.78 is 24.1. The molecule has 2 N–H and O–H groups in total. The van der Waals surface area contributed by atoms with Crippen LogP contribution in [0, 0.1) is 0 Å². The molecule has 0 bridgehead atoms. The third-order valence-corrected chi connectivity index (χ3v) is 5.73. The number of aliphatic hydroxyl groups is 2. The number of rotatable bonds is 7. The van der Waals surface area contributed by atoms with E-state index in [1.807, 2.05) is 6.92 Å². The Kier molecular flexibility index (Phi) is 6.17. The second-order valence-corrected chi connectivity index (χ2v) is 7.84. The number of hydrogen-bond acceptors (Lipinski definition) is 4. The van der Waals surface area contributed by atoms with Gasteiger partial charge in [0.05, 0.1) is 22.9 Å². The molecule has 0 radical (unpaired) electrons. The molecule has 0 heterocycles. The van der Waals surface area contributed by atoms with Crippen LogP contribution in [0.15, 0.2) is 29.2 Å². The van der Waals surface area contributed by atoms with Gasteiger partial charge in [-0.15, -0.1) is 0 Å². The highest BCUT2D eigenvalue weighted by Crippen LogP contribution is 2.26. The van der Waals surface area contributed by atoms with E-state index in [4.69, 9.17) is 5.11 Å². The monoisotopic (exact) mass is 300 g/mol. The van der Waals surface area contributed by atoms with Crippen LogP contribution in [0.2, 0.25) is 0 Å². The quantitative estimate of drug-likeness (QED) is 0.808. The minimum absolute atomic E-state index is 0.118.